The Bertz CT molecular complexity index is 1100. The summed E-state index contributed by atoms with van der Waals surface area (Å²) in [6.07, 6.45) is -1.64. The Morgan fingerprint density at radius 3 is 2.40 bits per heavy atom. The molecule has 0 amide bonds. The van der Waals surface area contributed by atoms with Gasteiger partial charge in [0.15, 0.2) is 17.4 Å². The zero-order chi connectivity index (χ0) is 22.0. The number of rotatable bonds is 6. The van der Waals surface area contributed by atoms with Gasteiger partial charge in [0.1, 0.15) is 23.1 Å². The lowest BCUT2D eigenvalue weighted by molar-refractivity contribution is 0.146. The number of alkyl halides is 2. The molecule has 0 bridgehead atoms. The van der Waals surface area contributed by atoms with E-state index in [1.165, 1.54) is 12.3 Å². The van der Waals surface area contributed by atoms with Gasteiger partial charge in [-0.15, -0.1) is 0 Å². The van der Waals surface area contributed by atoms with Gasteiger partial charge in [0.2, 0.25) is 5.95 Å². The second-order valence-corrected chi connectivity index (χ2v) is 6.26. The predicted octanol–water partition coefficient (Wildman–Crippen LogP) is 5.00. The SMILES string of the molecule is C=C(Cl)c1c(Oc2c(F)cc(Nc3cc(C(F)F)nc(N)n3)cc2F)ccnc1N. The molecule has 0 fully saturated rings. The highest BCUT2D eigenvalue weighted by Gasteiger charge is 2.19. The van der Waals surface area contributed by atoms with Gasteiger partial charge in [-0.05, 0) is 6.07 Å². The summed E-state index contributed by atoms with van der Waals surface area (Å²) in [6.45, 7) is 3.51. The molecule has 0 aliphatic heterocycles. The number of hydrogen-bond acceptors (Lipinski definition) is 7. The zero-order valence-corrected chi connectivity index (χ0v) is 15.7. The maximum atomic E-state index is 14.5. The first kappa shape index (κ1) is 21.1. The van der Waals surface area contributed by atoms with E-state index in [1.54, 1.807) is 0 Å². The first-order valence-corrected chi connectivity index (χ1v) is 8.49. The minimum atomic E-state index is -2.90. The Labute approximate surface area is 172 Å². The number of aromatic nitrogens is 3. The summed E-state index contributed by atoms with van der Waals surface area (Å²) in [7, 11) is 0. The van der Waals surface area contributed by atoms with Gasteiger partial charge < -0.3 is 21.5 Å². The largest absolute Gasteiger partial charge is 0.450 e. The summed E-state index contributed by atoms with van der Waals surface area (Å²) in [4.78, 5) is 10.9. The summed E-state index contributed by atoms with van der Waals surface area (Å²) < 4.78 is 60.0. The molecular weight excluding hydrogens is 428 g/mol. The van der Waals surface area contributed by atoms with Gasteiger partial charge in [0.25, 0.3) is 6.43 Å². The van der Waals surface area contributed by atoms with Crippen LogP contribution in [0.4, 0.5) is 40.8 Å². The summed E-state index contributed by atoms with van der Waals surface area (Å²) in [5.41, 5.74) is 10.4. The van der Waals surface area contributed by atoms with Gasteiger partial charge in [0.05, 0.1) is 5.56 Å². The quantitative estimate of drug-likeness (QED) is 0.462. The van der Waals surface area contributed by atoms with Crippen LogP contribution in [0.1, 0.15) is 17.7 Å². The molecule has 0 saturated carbocycles. The van der Waals surface area contributed by atoms with Crippen LogP contribution in [0.3, 0.4) is 0 Å². The third kappa shape index (κ3) is 4.51. The Balaban J connectivity index is 1.92. The Morgan fingerprint density at radius 1 is 1.13 bits per heavy atom. The Morgan fingerprint density at radius 2 is 1.80 bits per heavy atom. The smallest absolute Gasteiger partial charge is 0.280 e. The number of ether oxygens (including phenoxy) is 1. The minimum Gasteiger partial charge on any atom is -0.450 e. The minimum absolute atomic E-state index is 0.0362. The molecule has 3 rings (SSSR count). The van der Waals surface area contributed by atoms with E-state index in [1.807, 2.05) is 0 Å². The van der Waals surface area contributed by atoms with Crippen molar-refractivity contribution in [1.29, 1.82) is 0 Å². The van der Waals surface area contributed by atoms with Crippen LogP contribution in [0.2, 0.25) is 0 Å². The summed E-state index contributed by atoms with van der Waals surface area (Å²) in [6, 6.07) is 3.95. The number of hydrogen-bond donors (Lipinski definition) is 3. The Hall–Kier alpha value is -3.60. The molecule has 0 aliphatic rings. The van der Waals surface area contributed by atoms with E-state index < -0.39 is 35.5 Å². The third-order valence-corrected chi connectivity index (χ3v) is 3.87. The molecule has 0 atom stereocenters. The fourth-order valence-corrected chi connectivity index (χ4v) is 2.66. The fourth-order valence-electron chi connectivity index (χ4n) is 2.47. The number of halogens is 5. The van der Waals surface area contributed by atoms with Crippen molar-refractivity contribution in [2.24, 2.45) is 0 Å². The van der Waals surface area contributed by atoms with Crippen molar-refractivity contribution >= 4 is 39.9 Å². The highest BCUT2D eigenvalue weighted by Crippen LogP contribution is 2.37. The fraction of sp³-hybridized carbons (Fsp3) is 0.0556. The highest BCUT2D eigenvalue weighted by atomic mass is 35.5. The molecule has 0 aliphatic carbocycles. The first-order chi connectivity index (χ1) is 14.2. The standard InChI is InChI=1S/C18H13ClF4N6O/c1-7(19)14-12(2-3-26-17(14)24)30-15-9(20)4-8(5-10(15)21)27-13-6-11(16(22)23)28-18(25)29-13/h2-6,16H,1H2,(H2,24,26)(H3,25,27,28,29). The average Bonchev–Trinajstić information content (AvgIpc) is 2.64. The number of nitrogens with two attached hydrogens (primary N) is 2. The number of anilines is 4. The molecule has 2 heterocycles. The van der Waals surface area contributed by atoms with Crippen molar-refractivity contribution in [2.45, 2.75) is 6.43 Å². The second kappa shape index (κ2) is 8.41. The summed E-state index contributed by atoms with van der Waals surface area (Å²) in [5.74, 6) is -3.66. The van der Waals surface area contributed by atoms with Gasteiger partial charge in [-0.2, -0.15) is 4.98 Å². The van der Waals surface area contributed by atoms with Gasteiger partial charge in [-0.1, -0.05) is 18.2 Å². The molecular formula is C18H13ClF4N6O. The van der Waals surface area contributed by atoms with Crippen molar-refractivity contribution in [3.8, 4) is 11.5 Å². The molecule has 0 unspecified atom stereocenters. The van der Waals surface area contributed by atoms with E-state index in [0.717, 1.165) is 18.2 Å². The topological polar surface area (TPSA) is 112 Å². The average molecular weight is 441 g/mol. The molecule has 0 spiro atoms. The molecule has 7 nitrogen and oxygen atoms in total. The number of nitrogens with one attached hydrogen (secondary N) is 1. The van der Waals surface area contributed by atoms with Gasteiger partial charge in [0, 0.05) is 35.1 Å². The van der Waals surface area contributed by atoms with Crippen molar-refractivity contribution < 1.29 is 22.3 Å². The van der Waals surface area contributed by atoms with Crippen LogP contribution < -0.4 is 21.5 Å². The lowest BCUT2D eigenvalue weighted by Gasteiger charge is -2.14. The van der Waals surface area contributed by atoms with Crippen LogP contribution in [0.15, 0.2) is 37.0 Å². The molecule has 12 heteroatoms. The third-order valence-electron chi connectivity index (χ3n) is 3.68. The molecule has 0 saturated heterocycles. The molecule has 156 valence electrons. The van der Waals surface area contributed by atoms with Crippen LogP contribution in [-0.4, -0.2) is 15.0 Å². The van der Waals surface area contributed by atoms with Crippen molar-refractivity contribution in [2.75, 3.05) is 16.8 Å². The summed E-state index contributed by atoms with van der Waals surface area (Å²) >= 11 is 5.86. The van der Waals surface area contributed by atoms with Gasteiger partial charge in [-0.3, -0.25) is 0 Å². The molecule has 1 aromatic carbocycles. The van der Waals surface area contributed by atoms with Crippen LogP contribution >= 0.6 is 11.6 Å². The van der Waals surface area contributed by atoms with Crippen LogP contribution in [0.25, 0.3) is 5.03 Å². The maximum Gasteiger partial charge on any atom is 0.280 e. The van der Waals surface area contributed by atoms with E-state index in [9.17, 15) is 17.6 Å². The van der Waals surface area contributed by atoms with Crippen LogP contribution in [0.5, 0.6) is 11.5 Å². The van der Waals surface area contributed by atoms with Crippen LogP contribution in [0, 0.1) is 11.6 Å². The van der Waals surface area contributed by atoms with Gasteiger partial charge >= 0.3 is 0 Å². The zero-order valence-electron chi connectivity index (χ0n) is 15.0. The maximum absolute atomic E-state index is 14.5. The lowest BCUT2D eigenvalue weighted by atomic mass is 10.2. The molecule has 5 N–H and O–H groups in total. The van der Waals surface area contributed by atoms with E-state index in [-0.39, 0.29) is 33.7 Å². The molecule has 2 aromatic heterocycles. The first-order valence-electron chi connectivity index (χ1n) is 8.11. The van der Waals surface area contributed by atoms with Gasteiger partial charge in [-0.25, -0.2) is 27.5 Å². The molecule has 30 heavy (non-hydrogen) atoms. The normalized spacial score (nSPS) is 10.9. The van der Waals surface area contributed by atoms with Crippen molar-refractivity contribution in [3.05, 3.63) is 59.9 Å². The lowest BCUT2D eigenvalue weighted by Crippen LogP contribution is -2.04. The van der Waals surface area contributed by atoms with E-state index in [0.29, 0.717) is 0 Å². The van der Waals surface area contributed by atoms with Crippen molar-refractivity contribution in [3.63, 3.8) is 0 Å². The highest BCUT2D eigenvalue weighted by molar-refractivity contribution is 6.49. The van der Waals surface area contributed by atoms with E-state index in [4.69, 9.17) is 27.8 Å². The van der Waals surface area contributed by atoms with Crippen molar-refractivity contribution in [1.82, 2.24) is 15.0 Å². The second-order valence-electron chi connectivity index (χ2n) is 5.81. The number of nitrogen functional groups attached to an aromatic ring is 2. The predicted molar refractivity (Wildman–Crippen MR) is 105 cm³/mol. The molecule has 0 radical (unpaired) electrons. The number of benzene rings is 1. The number of nitrogens with zero attached hydrogens (tertiary/aromatic N) is 3. The molecule has 3 aromatic rings. The van der Waals surface area contributed by atoms with Crippen LogP contribution in [-0.2, 0) is 0 Å². The van der Waals surface area contributed by atoms with E-state index in [2.05, 4.69) is 26.8 Å². The number of pyridine rings is 1. The Kier molecular flexibility index (Phi) is 5.92. The van der Waals surface area contributed by atoms with E-state index >= 15 is 0 Å². The summed E-state index contributed by atoms with van der Waals surface area (Å²) in [5, 5.41) is 2.45. The monoisotopic (exact) mass is 440 g/mol.